The average Bonchev–Trinajstić information content (AvgIpc) is 2.61. The molecule has 7 heteroatoms. The van der Waals surface area contributed by atoms with Gasteiger partial charge in [-0.3, -0.25) is 4.79 Å². The lowest BCUT2D eigenvalue weighted by atomic mass is 10.1. The van der Waals surface area contributed by atoms with E-state index < -0.39 is 0 Å². The minimum Gasteiger partial charge on any atom is -0.335 e. The molecule has 24 heavy (non-hydrogen) atoms. The highest BCUT2D eigenvalue weighted by molar-refractivity contribution is 9.10. The first-order valence-corrected chi connectivity index (χ1v) is 9.14. The largest absolute Gasteiger partial charge is 0.335 e. The van der Waals surface area contributed by atoms with Gasteiger partial charge in [-0.2, -0.15) is 0 Å². The molecule has 0 bridgehead atoms. The van der Waals surface area contributed by atoms with Crippen LogP contribution in [0.3, 0.4) is 0 Å². The van der Waals surface area contributed by atoms with Crippen molar-refractivity contribution in [3.05, 3.63) is 34.1 Å². The van der Waals surface area contributed by atoms with Gasteiger partial charge in [0.1, 0.15) is 5.82 Å². The Morgan fingerprint density at radius 2 is 1.46 bits per heavy atom. The Bertz CT molecular complexity index is 626. The predicted molar refractivity (Wildman–Crippen MR) is 92.4 cm³/mol. The fourth-order valence-corrected chi connectivity index (χ4v) is 3.74. The Kier molecular flexibility index (Phi) is 5.38. The second-order valence-corrected chi connectivity index (χ2v) is 7.09. The summed E-state index contributed by atoms with van der Waals surface area (Å²) < 4.78 is 13.6. The Balaban J connectivity index is 1.58. The molecule has 2 aliphatic rings. The number of rotatable bonds is 1. The van der Waals surface area contributed by atoms with E-state index in [1.54, 1.807) is 4.90 Å². The molecule has 5 nitrogen and oxygen atoms in total. The van der Waals surface area contributed by atoms with Crippen LogP contribution in [0.15, 0.2) is 22.7 Å². The molecule has 3 amide bonds. The summed E-state index contributed by atoms with van der Waals surface area (Å²) in [6, 6.07) is 4.16. The van der Waals surface area contributed by atoms with Crippen molar-refractivity contribution in [2.75, 3.05) is 39.3 Å². The lowest BCUT2D eigenvalue weighted by Gasteiger charge is -2.38. The van der Waals surface area contributed by atoms with Crippen molar-refractivity contribution in [3.8, 4) is 0 Å². The van der Waals surface area contributed by atoms with Gasteiger partial charge in [0.2, 0.25) is 0 Å². The topological polar surface area (TPSA) is 43.9 Å². The molecule has 0 spiro atoms. The van der Waals surface area contributed by atoms with E-state index in [-0.39, 0.29) is 17.8 Å². The SMILES string of the molecule is O=C(c1ccc(F)cc1Br)N1CCN(C(=O)N2CCCCC2)CC1. The highest BCUT2D eigenvalue weighted by Crippen LogP contribution is 2.21. The summed E-state index contributed by atoms with van der Waals surface area (Å²) in [6.07, 6.45) is 3.34. The number of likely N-dealkylation sites (tertiary alicyclic amines) is 1. The predicted octanol–water partition coefficient (Wildman–Crippen LogP) is 2.95. The van der Waals surface area contributed by atoms with E-state index >= 15 is 0 Å². The van der Waals surface area contributed by atoms with Crippen LogP contribution in [-0.4, -0.2) is 65.9 Å². The number of benzene rings is 1. The van der Waals surface area contributed by atoms with Crippen LogP contribution in [0.5, 0.6) is 0 Å². The Morgan fingerprint density at radius 3 is 2.08 bits per heavy atom. The van der Waals surface area contributed by atoms with E-state index in [4.69, 9.17) is 0 Å². The summed E-state index contributed by atoms with van der Waals surface area (Å²) in [5.41, 5.74) is 0.451. The Labute approximate surface area is 149 Å². The molecular weight excluding hydrogens is 377 g/mol. The molecule has 0 N–H and O–H groups in total. The molecule has 2 heterocycles. The maximum atomic E-state index is 13.2. The highest BCUT2D eigenvalue weighted by Gasteiger charge is 2.28. The lowest BCUT2D eigenvalue weighted by Crippen LogP contribution is -2.54. The van der Waals surface area contributed by atoms with Crippen LogP contribution >= 0.6 is 15.9 Å². The zero-order valence-electron chi connectivity index (χ0n) is 13.5. The van der Waals surface area contributed by atoms with E-state index in [1.807, 2.05) is 9.80 Å². The molecule has 2 aliphatic heterocycles. The van der Waals surface area contributed by atoms with Gasteiger partial charge in [-0.1, -0.05) is 0 Å². The van der Waals surface area contributed by atoms with E-state index in [9.17, 15) is 14.0 Å². The minimum atomic E-state index is -0.379. The summed E-state index contributed by atoms with van der Waals surface area (Å²) in [5, 5.41) is 0. The van der Waals surface area contributed by atoms with Gasteiger partial charge in [-0.15, -0.1) is 0 Å². The normalized spacial score (nSPS) is 18.7. The number of amides is 3. The molecule has 1 aromatic rings. The number of nitrogens with zero attached hydrogens (tertiary/aromatic N) is 3. The van der Waals surface area contributed by atoms with Gasteiger partial charge in [0.15, 0.2) is 0 Å². The quantitative estimate of drug-likeness (QED) is 0.730. The fourth-order valence-electron chi connectivity index (χ4n) is 3.22. The first kappa shape index (κ1) is 17.2. The van der Waals surface area contributed by atoms with Crippen molar-refractivity contribution in [2.24, 2.45) is 0 Å². The van der Waals surface area contributed by atoms with Crippen molar-refractivity contribution in [1.29, 1.82) is 0 Å². The van der Waals surface area contributed by atoms with Gasteiger partial charge in [-0.05, 0) is 53.4 Å². The van der Waals surface area contributed by atoms with E-state index in [1.165, 1.54) is 24.6 Å². The van der Waals surface area contributed by atoms with Gasteiger partial charge in [0.05, 0.1) is 5.56 Å². The standard InChI is InChI=1S/C17H21BrFN3O2/c18-15-12-13(19)4-5-14(15)16(23)20-8-10-22(11-9-20)17(24)21-6-2-1-3-7-21/h4-5,12H,1-3,6-11H2. The van der Waals surface area contributed by atoms with E-state index in [0.29, 0.717) is 36.2 Å². The summed E-state index contributed by atoms with van der Waals surface area (Å²) >= 11 is 3.24. The minimum absolute atomic E-state index is 0.0877. The van der Waals surface area contributed by atoms with Crippen LogP contribution in [0.4, 0.5) is 9.18 Å². The number of hydrogen-bond donors (Lipinski definition) is 0. The van der Waals surface area contributed by atoms with Crippen LogP contribution in [-0.2, 0) is 0 Å². The van der Waals surface area contributed by atoms with Gasteiger partial charge in [0, 0.05) is 43.7 Å². The fraction of sp³-hybridized carbons (Fsp3) is 0.529. The number of piperidine rings is 1. The Hall–Kier alpha value is -1.63. The van der Waals surface area contributed by atoms with Crippen LogP contribution < -0.4 is 0 Å². The number of carbonyl (C=O) groups excluding carboxylic acids is 2. The first-order chi connectivity index (χ1) is 11.6. The van der Waals surface area contributed by atoms with Crippen molar-refractivity contribution in [3.63, 3.8) is 0 Å². The molecule has 2 saturated heterocycles. The molecule has 0 unspecified atom stereocenters. The number of hydrogen-bond acceptors (Lipinski definition) is 2. The van der Waals surface area contributed by atoms with E-state index in [2.05, 4.69) is 15.9 Å². The van der Waals surface area contributed by atoms with Gasteiger partial charge in [-0.25, -0.2) is 9.18 Å². The lowest BCUT2D eigenvalue weighted by molar-refractivity contribution is 0.0632. The smallest absolute Gasteiger partial charge is 0.320 e. The van der Waals surface area contributed by atoms with Gasteiger partial charge >= 0.3 is 6.03 Å². The molecule has 0 aliphatic carbocycles. The van der Waals surface area contributed by atoms with Crippen LogP contribution in [0.2, 0.25) is 0 Å². The van der Waals surface area contributed by atoms with Crippen LogP contribution in [0.25, 0.3) is 0 Å². The zero-order valence-corrected chi connectivity index (χ0v) is 15.1. The first-order valence-electron chi connectivity index (χ1n) is 8.34. The zero-order chi connectivity index (χ0) is 17.1. The number of halogens is 2. The average molecular weight is 398 g/mol. The maximum absolute atomic E-state index is 13.2. The van der Waals surface area contributed by atoms with Crippen LogP contribution in [0, 0.1) is 5.82 Å². The molecule has 0 atom stereocenters. The van der Waals surface area contributed by atoms with E-state index in [0.717, 1.165) is 25.9 Å². The van der Waals surface area contributed by atoms with Crippen molar-refractivity contribution < 1.29 is 14.0 Å². The molecule has 0 saturated carbocycles. The molecule has 1 aromatic carbocycles. The third-order valence-electron chi connectivity index (χ3n) is 4.63. The van der Waals surface area contributed by atoms with Crippen molar-refractivity contribution >= 4 is 27.9 Å². The van der Waals surface area contributed by atoms with Crippen molar-refractivity contribution in [2.45, 2.75) is 19.3 Å². The summed E-state index contributed by atoms with van der Waals surface area (Å²) in [5.74, 6) is -0.512. The molecular formula is C17H21BrFN3O2. The highest BCUT2D eigenvalue weighted by atomic mass is 79.9. The molecule has 0 aromatic heterocycles. The van der Waals surface area contributed by atoms with Gasteiger partial charge in [0.25, 0.3) is 5.91 Å². The third-order valence-corrected chi connectivity index (χ3v) is 5.28. The molecule has 3 rings (SSSR count). The van der Waals surface area contributed by atoms with Crippen molar-refractivity contribution in [1.82, 2.24) is 14.7 Å². The number of piperazine rings is 1. The second kappa shape index (κ2) is 7.51. The third kappa shape index (κ3) is 3.71. The summed E-state index contributed by atoms with van der Waals surface area (Å²) in [7, 11) is 0. The molecule has 130 valence electrons. The van der Waals surface area contributed by atoms with Gasteiger partial charge < -0.3 is 14.7 Å². The second-order valence-electron chi connectivity index (χ2n) is 6.23. The molecule has 2 fully saturated rings. The maximum Gasteiger partial charge on any atom is 0.320 e. The summed E-state index contributed by atoms with van der Waals surface area (Å²) in [4.78, 5) is 30.5. The van der Waals surface area contributed by atoms with Crippen LogP contribution in [0.1, 0.15) is 29.6 Å². The number of urea groups is 1. The number of carbonyl (C=O) groups is 2. The molecule has 0 radical (unpaired) electrons. The summed E-state index contributed by atoms with van der Waals surface area (Å²) in [6.45, 7) is 3.76. The monoisotopic (exact) mass is 397 g/mol. The Morgan fingerprint density at radius 1 is 0.875 bits per heavy atom.